The summed E-state index contributed by atoms with van der Waals surface area (Å²) in [6.07, 6.45) is 0. The molecule has 1 N–H and O–H groups in total. The van der Waals surface area contributed by atoms with Gasteiger partial charge in [0.15, 0.2) is 17.3 Å². The van der Waals surface area contributed by atoms with Crippen molar-refractivity contribution in [3.8, 4) is 17.2 Å². The summed E-state index contributed by atoms with van der Waals surface area (Å²) in [7, 11) is 4.51. The molecule has 1 amide bonds. The van der Waals surface area contributed by atoms with Crippen molar-refractivity contribution in [3.05, 3.63) is 71.0 Å². The second-order valence-corrected chi connectivity index (χ2v) is 7.31. The molecule has 170 valence electrons. The number of anilines is 1. The van der Waals surface area contributed by atoms with Crippen LogP contribution in [0.25, 0.3) is 5.76 Å². The smallest absolute Gasteiger partial charge is 0.301 e. The fourth-order valence-electron chi connectivity index (χ4n) is 3.78. The van der Waals surface area contributed by atoms with Gasteiger partial charge in [-0.3, -0.25) is 14.5 Å². The number of aliphatic hydroxyl groups excluding tert-OH is 1. The molecule has 0 unspecified atom stereocenters. The topological polar surface area (TPSA) is 111 Å². The van der Waals surface area contributed by atoms with Gasteiger partial charge >= 0.3 is 5.91 Å². The quantitative estimate of drug-likeness (QED) is 0.344. The van der Waals surface area contributed by atoms with Crippen molar-refractivity contribution in [2.75, 3.05) is 26.2 Å². The molecule has 0 saturated carbocycles. The normalized spacial score (nSPS) is 17.3. The van der Waals surface area contributed by atoms with E-state index in [2.05, 4.69) is 5.16 Å². The number of aryl methyl sites for hydroxylation is 1. The molecule has 1 aliphatic heterocycles. The molecule has 1 saturated heterocycles. The van der Waals surface area contributed by atoms with E-state index in [1.807, 2.05) is 0 Å². The molecule has 1 aromatic heterocycles. The third kappa shape index (κ3) is 3.78. The van der Waals surface area contributed by atoms with Crippen molar-refractivity contribution < 1.29 is 33.4 Å². The summed E-state index contributed by atoms with van der Waals surface area (Å²) in [5.74, 6) is 0.0882. The van der Waals surface area contributed by atoms with Crippen molar-refractivity contribution in [1.82, 2.24) is 5.16 Å². The minimum atomic E-state index is -0.976. The van der Waals surface area contributed by atoms with E-state index in [9.17, 15) is 14.7 Å². The Kier molecular flexibility index (Phi) is 5.78. The number of benzene rings is 2. The highest BCUT2D eigenvalue weighted by atomic mass is 16.5. The van der Waals surface area contributed by atoms with Gasteiger partial charge in [-0.15, -0.1) is 0 Å². The molecule has 33 heavy (non-hydrogen) atoms. The van der Waals surface area contributed by atoms with Gasteiger partial charge in [0.1, 0.15) is 17.3 Å². The number of carbonyl (C=O) groups excluding carboxylic acids is 2. The Hall–Kier alpha value is -4.27. The van der Waals surface area contributed by atoms with Crippen molar-refractivity contribution in [2.24, 2.45) is 0 Å². The lowest BCUT2D eigenvalue weighted by molar-refractivity contribution is -0.132. The number of Topliss-reactive ketones (excluding diaryl/α,β-unsaturated/α-hetero) is 1. The van der Waals surface area contributed by atoms with Gasteiger partial charge in [-0.1, -0.05) is 11.2 Å². The number of hydrogen-bond donors (Lipinski definition) is 1. The van der Waals surface area contributed by atoms with Crippen LogP contribution in [0.15, 0.2) is 58.6 Å². The van der Waals surface area contributed by atoms with E-state index in [1.165, 1.54) is 26.2 Å². The number of aromatic nitrogens is 1. The number of nitrogens with zero attached hydrogens (tertiary/aromatic N) is 2. The number of aliphatic hydroxyl groups is 1. The fourth-order valence-corrected chi connectivity index (χ4v) is 3.78. The van der Waals surface area contributed by atoms with Crippen LogP contribution in [0.3, 0.4) is 0 Å². The predicted molar refractivity (Wildman–Crippen MR) is 119 cm³/mol. The summed E-state index contributed by atoms with van der Waals surface area (Å²) in [6, 6.07) is 12.1. The molecule has 1 atom stereocenters. The van der Waals surface area contributed by atoms with E-state index in [0.29, 0.717) is 34.1 Å². The molecule has 3 aromatic rings. The molecule has 1 fully saturated rings. The number of rotatable bonds is 6. The monoisotopic (exact) mass is 450 g/mol. The van der Waals surface area contributed by atoms with E-state index in [1.54, 1.807) is 55.5 Å². The largest absolute Gasteiger partial charge is 0.507 e. The first-order valence-electron chi connectivity index (χ1n) is 10.00. The molecule has 0 spiro atoms. The van der Waals surface area contributed by atoms with E-state index in [-0.39, 0.29) is 17.2 Å². The van der Waals surface area contributed by atoms with Crippen molar-refractivity contribution in [2.45, 2.75) is 13.0 Å². The van der Waals surface area contributed by atoms with Crippen molar-refractivity contribution >= 4 is 23.3 Å². The maximum atomic E-state index is 13.1. The third-order valence-corrected chi connectivity index (χ3v) is 5.39. The Balaban J connectivity index is 1.93. The molecule has 0 aliphatic carbocycles. The molecule has 9 nitrogen and oxygen atoms in total. The zero-order valence-corrected chi connectivity index (χ0v) is 18.5. The van der Waals surface area contributed by atoms with Gasteiger partial charge in [-0.05, 0) is 48.9 Å². The second-order valence-electron chi connectivity index (χ2n) is 7.31. The van der Waals surface area contributed by atoms with Crippen LogP contribution in [0.4, 0.5) is 5.82 Å². The highest BCUT2D eigenvalue weighted by Gasteiger charge is 2.48. The minimum Gasteiger partial charge on any atom is -0.507 e. The lowest BCUT2D eigenvalue weighted by Crippen LogP contribution is -2.29. The van der Waals surface area contributed by atoms with Gasteiger partial charge < -0.3 is 23.8 Å². The van der Waals surface area contributed by atoms with Crippen LogP contribution >= 0.6 is 0 Å². The summed E-state index contributed by atoms with van der Waals surface area (Å²) >= 11 is 0. The Morgan fingerprint density at radius 1 is 0.970 bits per heavy atom. The summed E-state index contributed by atoms with van der Waals surface area (Å²) in [5.41, 5.74) is 0.788. The zero-order chi connectivity index (χ0) is 23.7. The maximum Gasteiger partial charge on any atom is 0.301 e. The Morgan fingerprint density at radius 3 is 2.24 bits per heavy atom. The molecule has 4 rings (SSSR count). The fraction of sp³-hybridized carbons (Fsp3) is 0.208. The minimum absolute atomic E-state index is 0.0851. The first-order valence-corrected chi connectivity index (χ1v) is 10.00. The van der Waals surface area contributed by atoms with Crippen LogP contribution in [0.1, 0.15) is 22.9 Å². The number of ether oxygens (including phenoxy) is 3. The summed E-state index contributed by atoms with van der Waals surface area (Å²) in [4.78, 5) is 27.4. The molecule has 0 radical (unpaired) electrons. The van der Waals surface area contributed by atoms with Gasteiger partial charge in [0.25, 0.3) is 5.78 Å². The highest BCUT2D eigenvalue weighted by Crippen LogP contribution is 2.44. The average molecular weight is 450 g/mol. The zero-order valence-electron chi connectivity index (χ0n) is 18.5. The van der Waals surface area contributed by atoms with Gasteiger partial charge in [0.2, 0.25) is 0 Å². The van der Waals surface area contributed by atoms with Gasteiger partial charge in [0, 0.05) is 11.6 Å². The summed E-state index contributed by atoms with van der Waals surface area (Å²) in [5, 5.41) is 15.1. The first-order chi connectivity index (χ1) is 15.9. The van der Waals surface area contributed by atoms with Gasteiger partial charge in [-0.2, -0.15) is 0 Å². The first kappa shape index (κ1) is 21.9. The maximum absolute atomic E-state index is 13.1. The highest BCUT2D eigenvalue weighted by molar-refractivity contribution is 6.51. The number of ketones is 1. The number of methoxy groups -OCH3 is 3. The molecule has 0 bridgehead atoms. The van der Waals surface area contributed by atoms with Gasteiger partial charge in [0.05, 0.1) is 32.9 Å². The SMILES string of the molecule is COc1ccc(C(O)=C2C(=O)C(=O)N(c3cc(C)on3)[C@H]2c2ccc(OC)c(OC)c2)cc1. The Morgan fingerprint density at radius 2 is 1.67 bits per heavy atom. The summed E-state index contributed by atoms with van der Waals surface area (Å²) < 4.78 is 21.0. The van der Waals surface area contributed by atoms with Crippen molar-refractivity contribution in [1.29, 1.82) is 0 Å². The third-order valence-electron chi connectivity index (χ3n) is 5.39. The Bertz CT molecular complexity index is 1240. The average Bonchev–Trinajstić information content (AvgIpc) is 3.38. The van der Waals surface area contributed by atoms with E-state index in [4.69, 9.17) is 18.7 Å². The lowest BCUT2D eigenvalue weighted by atomic mass is 9.95. The van der Waals surface area contributed by atoms with E-state index >= 15 is 0 Å². The van der Waals surface area contributed by atoms with Crippen LogP contribution in [0, 0.1) is 6.92 Å². The molecule has 2 aromatic carbocycles. The summed E-state index contributed by atoms with van der Waals surface area (Å²) in [6.45, 7) is 1.68. The molecule has 1 aliphatic rings. The van der Waals surface area contributed by atoms with Crippen LogP contribution in [0.2, 0.25) is 0 Å². The number of carbonyl (C=O) groups is 2. The van der Waals surface area contributed by atoms with E-state index < -0.39 is 17.7 Å². The van der Waals surface area contributed by atoms with Crippen LogP contribution in [-0.4, -0.2) is 43.3 Å². The second kappa shape index (κ2) is 8.70. The molecular formula is C24H22N2O7. The molecule has 9 heteroatoms. The van der Waals surface area contributed by atoms with Gasteiger partial charge in [-0.25, -0.2) is 0 Å². The van der Waals surface area contributed by atoms with E-state index in [0.717, 1.165) is 0 Å². The lowest BCUT2D eigenvalue weighted by Gasteiger charge is -2.23. The van der Waals surface area contributed by atoms with Crippen molar-refractivity contribution in [3.63, 3.8) is 0 Å². The Labute approximate surface area is 189 Å². The molecular weight excluding hydrogens is 428 g/mol. The number of amides is 1. The van der Waals surface area contributed by atoms with Crippen LogP contribution < -0.4 is 19.1 Å². The standard InChI is InChI=1S/C24H22N2O7/c1-13-11-19(25-33-13)26-21(15-7-10-17(31-3)18(12-15)32-4)20(23(28)24(26)29)22(27)14-5-8-16(30-2)9-6-14/h5-12,21,27H,1-4H3/t21-/m0/s1. The van der Waals surface area contributed by atoms with Crippen LogP contribution in [0.5, 0.6) is 17.2 Å². The predicted octanol–water partition coefficient (Wildman–Crippen LogP) is 3.64. The molecule has 2 heterocycles. The number of hydrogen-bond acceptors (Lipinski definition) is 8. The van der Waals surface area contributed by atoms with Crippen LogP contribution in [-0.2, 0) is 9.59 Å².